The van der Waals surface area contributed by atoms with Gasteiger partial charge in [-0.15, -0.1) is 0 Å². The molecule has 1 fully saturated rings. The summed E-state index contributed by atoms with van der Waals surface area (Å²) in [6.07, 6.45) is 1.37. The van der Waals surface area contributed by atoms with Crippen molar-refractivity contribution in [2.75, 3.05) is 12.0 Å². The Labute approximate surface area is 216 Å². The van der Waals surface area contributed by atoms with Crippen molar-refractivity contribution in [3.8, 4) is 0 Å². The number of halogens is 5. The van der Waals surface area contributed by atoms with Crippen molar-refractivity contribution < 1.29 is 26.7 Å². The fraction of sp³-hybridized carbons (Fsp3) is 0.407. The number of aromatic nitrogens is 1. The van der Waals surface area contributed by atoms with E-state index in [1.54, 1.807) is 18.2 Å². The molecule has 3 atom stereocenters. The molecule has 2 unspecified atom stereocenters. The van der Waals surface area contributed by atoms with E-state index in [-0.39, 0.29) is 46.3 Å². The fourth-order valence-corrected chi connectivity index (χ4v) is 5.61. The van der Waals surface area contributed by atoms with Gasteiger partial charge in [0.15, 0.2) is 0 Å². The van der Waals surface area contributed by atoms with E-state index in [0.717, 1.165) is 30.2 Å². The summed E-state index contributed by atoms with van der Waals surface area (Å²) < 4.78 is 66.3. The summed E-state index contributed by atoms with van der Waals surface area (Å²) in [6.45, 7) is 1.13. The normalized spacial score (nSPS) is 19.1. The van der Waals surface area contributed by atoms with Crippen LogP contribution in [0.25, 0.3) is 10.9 Å². The molecule has 4 nitrogen and oxygen atoms in total. The van der Waals surface area contributed by atoms with Gasteiger partial charge in [-0.1, -0.05) is 30.5 Å². The van der Waals surface area contributed by atoms with Crippen LogP contribution in [-0.4, -0.2) is 29.1 Å². The number of carbonyl (C=O) groups is 1. The van der Waals surface area contributed by atoms with E-state index in [1.165, 1.54) is 12.1 Å². The quantitative estimate of drug-likeness (QED) is 0.228. The Kier molecular flexibility index (Phi) is 8.26. The zero-order valence-electron chi connectivity index (χ0n) is 20.2. The van der Waals surface area contributed by atoms with Gasteiger partial charge in [-0.05, 0) is 67.4 Å². The molecule has 1 heterocycles. The van der Waals surface area contributed by atoms with Crippen molar-refractivity contribution in [2.45, 2.75) is 67.6 Å². The molecule has 4 rings (SSSR count). The average Bonchev–Trinajstić information content (AvgIpc) is 2.83. The van der Waals surface area contributed by atoms with Crippen LogP contribution in [0.5, 0.6) is 0 Å². The molecular formula is C27H28F5N3OS. The number of amides is 1. The molecule has 10 heteroatoms. The highest BCUT2D eigenvalue weighted by Gasteiger charge is 2.33. The van der Waals surface area contributed by atoms with Crippen LogP contribution < -0.4 is 11.1 Å². The number of alkyl halides is 5. The molecule has 0 bridgehead atoms. The summed E-state index contributed by atoms with van der Waals surface area (Å²) in [5.74, 6) is -0.993. The van der Waals surface area contributed by atoms with Crippen molar-refractivity contribution in [1.29, 1.82) is 0 Å². The molecular weight excluding hydrogens is 509 g/mol. The van der Waals surface area contributed by atoms with Crippen molar-refractivity contribution in [3.63, 3.8) is 0 Å². The lowest BCUT2D eigenvalue weighted by Crippen LogP contribution is -2.32. The molecule has 0 aliphatic heterocycles. The van der Waals surface area contributed by atoms with Crippen molar-refractivity contribution in [1.82, 2.24) is 4.98 Å². The van der Waals surface area contributed by atoms with Crippen LogP contribution in [0.1, 0.15) is 71.4 Å². The minimum atomic E-state index is -4.49. The lowest BCUT2D eigenvalue weighted by atomic mass is 9.78. The molecule has 1 aliphatic rings. The number of nitrogens with two attached hydrogens (primary N) is 1. The maximum Gasteiger partial charge on any atom is 0.446 e. The Bertz CT molecular complexity index is 1280. The van der Waals surface area contributed by atoms with Crippen LogP contribution in [-0.2, 0) is 0 Å². The summed E-state index contributed by atoms with van der Waals surface area (Å²) in [5.41, 5.74) is 4.10. The van der Waals surface area contributed by atoms with Gasteiger partial charge in [0.25, 0.3) is 0 Å². The van der Waals surface area contributed by atoms with Gasteiger partial charge in [-0.25, -0.2) is 9.37 Å². The molecule has 0 saturated heterocycles. The van der Waals surface area contributed by atoms with Crippen molar-refractivity contribution in [3.05, 3.63) is 64.8 Å². The molecule has 3 aromatic rings. The zero-order chi connectivity index (χ0) is 26.7. The first-order valence-electron chi connectivity index (χ1n) is 12.1. The fourth-order valence-electron chi connectivity index (χ4n) is 5.03. The maximum atomic E-state index is 14.7. The van der Waals surface area contributed by atoms with Gasteiger partial charge in [0.05, 0.1) is 17.9 Å². The molecule has 0 spiro atoms. The highest BCUT2D eigenvalue weighted by atomic mass is 32.2. The first kappa shape index (κ1) is 27.2. The first-order valence-corrected chi connectivity index (χ1v) is 12.9. The maximum absolute atomic E-state index is 14.7. The molecule has 1 saturated carbocycles. The number of carbonyl (C=O) groups excluding carboxylic acids is 1. The Hall–Kier alpha value is -2.88. The minimum absolute atomic E-state index is 0.0656. The van der Waals surface area contributed by atoms with Crippen molar-refractivity contribution in [2.24, 2.45) is 5.73 Å². The van der Waals surface area contributed by atoms with Crippen LogP contribution in [0.3, 0.4) is 0 Å². The second-order valence-electron chi connectivity index (χ2n) is 9.36. The number of primary amides is 1. The molecule has 0 radical (unpaired) electrons. The third kappa shape index (κ3) is 6.52. The summed E-state index contributed by atoms with van der Waals surface area (Å²) in [4.78, 5) is 16.6. The number of nitrogens with zero attached hydrogens (tertiary/aromatic N) is 1. The Morgan fingerprint density at radius 2 is 1.92 bits per heavy atom. The van der Waals surface area contributed by atoms with Gasteiger partial charge in [-0.3, -0.25) is 9.18 Å². The number of hydrogen-bond donors (Lipinski definition) is 2. The number of pyridine rings is 1. The van der Waals surface area contributed by atoms with E-state index in [0.29, 0.717) is 23.2 Å². The number of thioether (sulfide) groups is 1. The summed E-state index contributed by atoms with van der Waals surface area (Å²) >= 11 is -0.291. The number of nitrogens with one attached hydrogen (secondary N) is 1. The third-order valence-electron chi connectivity index (χ3n) is 6.70. The smallest absolute Gasteiger partial charge is 0.381 e. The first-order chi connectivity index (χ1) is 17.6. The number of rotatable bonds is 8. The van der Waals surface area contributed by atoms with Crippen LogP contribution in [0.15, 0.2) is 47.4 Å². The van der Waals surface area contributed by atoms with E-state index in [1.807, 2.05) is 19.1 Å². The van der Waals surface area contributed by atoms with Crippen LogP contribution in [0.4, 0.5) is 27.6 Å². The molecule has 1 aliphatic carbocycles. The van der Waals surface area contributed by atoms with E-state index >= 15 is 0 Å². The van der Waals surface area contributed by atoms with Gasteiger partial charge in [-0.2, -0.15) is 13.2 Å². The minimum Gasteiger partial charge on any atom is -0.381 e. The SMILES string of the molecule is Cc1ccc2nc(C(F)CCF)cc(N[C@H]3CCCCC3c3ccc(SC(F)(F)F)cc3C(N)=O)c2c1. The Morgan fingerprint density at radius 1 is 1.16 bits per heavy atom. The van der Waals surface area contributed by atoms with Gasteiger partial charge >= 0.3 is 5.51 Å². The van der Waals surface area contributed by atoms with Gasteiger partial charge in [0, 0.05) is 39.9 Å². The number of fused-ring (bicyclic) bond motifs is 1. The van der Waals surface area contributed by atoms with Crippen molar-refractivity contribution >= 4 is 34.3 Å². The molecule has 2 aromatic carbocycles. The van der Waals surface area contributed by atoms with Gasteiger partial charge < -0.3 is 11.1 Å². The Balaban J connectivity index is 1.73. The van der Waals surface area contributed by atoms with E-state index < -0.39 is 24.3 Å². The van der Waals surface area contributed by atoms with Crippen LogP contribution >= 0.6 is 11.8 Å². The third-order valence-corrected chi connectivity index (χ3v) is 7.42. The summed E-state index contributed by atoms with van der Waals surface area (Å²) in [6, 6.07) is 11.1. The lowest BCUT2D eigenvalue weighted by molar-refractivity contribution is -0.0328. The predicted octanol–water partition coefficient (Wildman–Crippen LogP) is 7.76. The molecule has 198 valence electrons. The van der Waals surface area contributed by atoms with Gasteiger partial charge in [0.1, 0.15) is 6.17 Å². The molecule has 1 amide bonds. The lowest BCUT2D eigenvalue weighted by Gasteiger charge is -2.34. The number of anilines is 1. The Morgan fingerprint density at radius 3 is 2.62 bits per heavy atom. The van der Waals surface area contributed by atoms with Gasteiger partial charge in [0.2, 0.25) is 5.91 Å². The molecule has 37 heavy (non-hydrogen) atoms. The number of aryl methyl sites for hydroxylation is 1. The number of hydrogen-bond acceptors (Lipinski definition) is 4. The summed E-state index contributed by atoms with van der Waals surface area (Å²) in [7, 11) is 0. The van der Waals surface area contributed by atoms with Crippen LogP contribution in [0.2, 0.25) is 0 Å². The van der Waals surface area contributed by atoms with E-state index in [9.17, 15) is 26.7 Å². The van der Waals surface area contributed by atoms with Crippen LogP contribution in [0, 0.1) is 6.92 Å². The monoisotopic (exact) mass is 537 g/mol. The number of benzene rings is 2. The van der Waals surface area contributed by atoms with E-state index in [2.05, 4.69) is 10.3 Å². The molecule has 3 N–H and O–H groups in total. The zero-order valence-corrected chi connectivity index (χ0v) is 21.1. The highest BCUT2D eigenvalue weighted by Crippen LogP contribution is 2.42. The summed E-state index contributed by atoms with van der Waals surface area (Å²) in [5, 5.41) is 4.30. The topological polar surface area (TPSA) is 68.0 Å². The second kappa shape index (κ2) is 11.2. The highest BCUT2D eigenvalue weighted by molar-refractivity contribution is 8.00. The average molecular weight is 538 g/mol. The second-order valence-corrected chi connectivity index (χ2v) is 10.5. The largest absolute Gasteiger partial charge is 0.446 e. The standard InChI is InChI=1S/C27H28F5N3OS/c1-15-6-9-23-20(12-15)24(14-25(35-23)21(29)10-11-28)34-22-5-3-2-4-18(22)17-8-7-16(37-27(30,31)32)13-19(17)26(33)36/h6-9,12-14,18,21-22H,2-5,10-11H2,1H3,(H2,33,36)(H,34,35)/t18?,21?,22-/m0/s1. The molecule has 1 aromatic heterocycles. The predicted molar refractivity (Wildman–Crippen MR) is 136 cm³/mol. The van der Waals surface area contributed by atoms with E-state index in [4.69, 9.17) is 5.73 Å².